The van der Waals surface area contributed by atoms with Crippen molar-refractivity contribution < 1.29 is 18.8 Å². The standard InChI is InChI=1S/C28H27FN6O3/c29-22-12-18(6-7-23(22)35-14-19(36)13-24(35)37)20-2-1-3-21-25(20)30-15-31-27(21)34-10-8-16(9-11-34)26-32-28(38-33-26)17-4-5-17/h1-3,6-7,12,15-17,19,36H,4-5,8-11,13-14H2/t19-/m1/s1. The molecule has 4 aromatic rings. The minimum Gasteiger partial charge on any atom is -0.391 e. The first-order chi connectivity index (χ1) is 18.5. The van der Waals surface area contributed by atoms with Gasteiger partial charge in [-0.3, -0.25) is 4.79 Å². The molecule has 10 heteroatoms. The third-order valence-electron chi connectivity index (χ3n) is 7.84. The number of aliphatic hydroxyl groups is 1. The van der Waals surface area contributed by atoms with E-state index < -0.39 is 11.9 Å². The highest BCUT2D eigenvalue weighted by Gasteiger charge is 2.33. The fourth-order valence-electron chi connectivity index (χ4n) is 5.63. The Kier molecular flexibility index (Phi) is 5.57. The Morgan fingerprint density at radius 3 is 2.61 bits per heavy atom. The molecule has 9 nitrogen and oxygen atoms in total. The van der Waals surface area contributed by atoms with Gasteiger partial charge in [0.1, 0.15) is 18.0 Å². The first-order valence-electron chi connectivity index (χ1n) is 13.2. The van der Waals surface area contributed by atoms with Crippen LogP contribution >= 0.6 is 0 Å². The third kappa shape index (κ3) is 4.09. The average molecular weight is 515 g/mol. The Labute approximate surface area is 218 Å². The number of anilines is 2. The van der Waals surface area contributed by atoms with E-state index >= 15 is 4.39 Å². The van der Waals surface area contributed by atoms with Gasteiger partial charge in [-0.25, -0.2) is 14.4 Å². The largest absolute Gasteiger partial charge is 0.391 e. The van der Waals surface area contributed by atoms with Crippen molar-refractivity contribution in [3.05, 3.63) is 60.3 Å². The Bertz CT molecular complexity index is 1530. The number of aromatic nitrogens is 4. The van der Waals surface area contributed by atoms with Crippen molar-refractivity contribution in [3.63, 3.8) is 0 Å². The number of carbonyl (C=O) groups excluding carboxylic acids is 1. The number of amides is 1. The molecule has 38 heavy (non-hydrogen) atoms. The van der Waals surface area contributed by atoms with E-state index in [4.69, 9.17) is 4.52 Å². The molecule has 194 valence electrons. The maximum Gasteiger partial charge on any atom is 0.229 e. The molecule has 1 saturated carbocycles. The summed E-state index contributed by atoms with van der Waals surface area (Å²) in [5.41, 5.74) is 2.38. The van der Waals surface area contributed by atoms with Crippen LogP contribution in [0.3, 0.4) is 0 Å². The van der Waals surface area contributed by atoms with Gasteiger partial charge < -0.3 is 19.4 Å². The van der Waals surface area contributed by atoms with Crippen LogP contribution in [0, 0.1) is 5.82 Å². The van der Waals surface area contributed by atoms with Gasteiger partial charge in [0.05, 0.1) is 30.3 Å². The minimum absolute atomic E-state index is 0.0120. The number of fused-ring (bicyclic) bond motifs is 1. The molecule has 3 fully saturated rings. The molecule has 0 bridgehead atoms. The molecule has 4 heterocycles. The van der Waals surface area contributed by atoms with Gasteiger partial charge in [-0.2, -0.15) is 4.98 Å². The number of aliphatic hydroxyl groups excluding tert-OH is 1. The van der Waals surface area contributed by atoms with Gasteiger partial charge in [0.25, 0.3) is 0 Å². The fraction of sp³-hybridized carbons (Fsp3) is 0.393. The van der Waals surface area contributed by atoms with Gasteiger partial charge in [0, 0.05) is 35.9 Å². The van der Waals surface area contributed by atoms with Crippen molar-refractivity contribution >= 4 is 28.3 Å². The van der Waals surface area contributed by atoms with Gasteiger partial charge >= 0.3 is 0 Å². The summed E-state index contributed by atoms with van der Waals surface area (Å²) >= 11 is 0. The maximum absolute atomic E-state index is 15.2. The van der Waals surface area contributed by atoms with Crippen LogP contribution < -0.4 is 9.80 Å². The molecule has 1 amide bonds. The lowest BCUT2D eigenvalue weighted by molar-refractivity contribution is -0.117. The number of carbonyl (C=O) groups is 1. The van der Waals surface area contributed by atoms with E-state index in [1.165, 1.54) is 11.0 Å². The minimum atomic E-state index is -0.771. The molecule has 7 rings (SSSR count). The van der Waals surface area contributed by atoms with Crippen molar-refractivity contribution in [2.75, 3.05) is 29.4 Å². The molecular formula is C28H27FN6O3. The number of nitrogens with zero attached hydrogens (tertiary/aromatic N) is 6. The molecular weight excluding hydrogens is 487 g/mol. The van der Waals surface area contributed by atoms with Crippen LogP contribution in [0.5, 0.6) is 0 Å². The van der Waals surface area contributed by atoms with E-state index in [1.54, 1.807) is 18.5 Å². The summed E-state index contributed by atoms with van der Waals surface area (Å²) in [6, 6.07) is 10.7. The summed E-state index contributed by atoms with van der Waals surface area (Å²) in [5.74, 6) is 2.40. The molecule has 1 N–H and O–H groups in total. The molecule has 2 aromatic heterocycles. The van der Waals surface area contributed by atoms with Crippen LogP contribution in [0.25, 0.3) is 22.0 Å². The van der Waals surface area contributed by atoms with Gasteiger partial charge in [-0.05, 0) is 49.4 Å². The Hall–Kier alpha value is -3.92. The van der Waals surface area contributed by atoms with Crippen molar-refractivity contribution in [2.45, 2.75) is 50.0 Å². The van der Waals surface area contributed by atoms with Gasteiger partial charge in [0.15, 0.2) is 5.82 Å². The van der Waals surface area contributed by atoms with Crippen LogP contribution in [-0.4, -0.2) is 56.9 Å². The topological polar surface area (TPSA) is 108 Å². The lowest BCUT2D eigenvalue weighted by Gasteiger charge is -2.32. The van der Waals surface area contributed by atoms with E-state index in [0.717, 1.165) is 72.8 Å². The number of halogens is 1. The molecule has 0 spiro atoms. The molecule has 1 atom stereocenters. The van der Waals surface area contributed by atoms with Crippen LogP contribution in [0.15, 0.2) is 47.2 Å². The zero-order valence-electron chi connectivity index (χ0n) is 20.8. The van der Waals surface area contributed by atoms with Gasteiger partial charge in [-0.15, -0.1) is 0 Å². The number of hydrogen-bond donors (Lipinski definition) is 1. The van der Waals surface area contributed by atoms with Crippen molar-refractivity contribution in [1.29, 1.82) is 0 Å². The highest BCUT2D eigenvalue weighted by atomic mass is 19.1. The van der Waals surface area contributed by atoms with Gasteiger partial charge in [-0.1, -0.05) is 23.4 Å². The predicted molar refractivity (Wildman–Crippen MR) is 138 cm³/mol. The quantitative estimate of drug-likeness (QED) is 0.423. The summed E-state index contributed by atoms with van der Waals surface area (Å²) < 4.78 is 20.6. The van der Waals surface area contributed by atoms with Gasteiger partial charge in [0.2, 0.25) is 11.8 Å². The number of rotatable bonds is 5. The van der Waals surface area contributed by atoms with Crippen LogP contribution in [0.4, 0.5) is 15.9 Å². The van der Waals surface area contributed by atoms with Crippen LogP contribution in [-0.2, 0) is 4.79 Å². The second kappa shape index (κ2) is 9.13. The van der Waals surface area contributed by atoms with E-state index in [1.807, 2.05) is 18.2 Å². The first kappa shape index (κ1) is 23.2. The molecule has 0 radical (unpaired) electrons. The lowest BCUT2D eigenvalue weighted by Crippen LogP contribution is -2.34. The number of piperidine rings is 1. The summed E-state index contributed by atoms with van der Waals surface area (Å²) in [6.45, 7) is 1.73. The molecule has 0 unspecified atom stereocenters. The molecule has 2 aliphatic heterocycles. The van der Waals surface area contributed by atoms with Crippen molar-refractivity contribution in [1.82, 2.24) is 20.1 Å². The number of benzene rings is 2. The lowest BCUT2D eigenvalue weighted by atomic mass is 9.95. The monoisotopic (exact) mass is 514 g/mol. The number of para-hydroxylation sites is 1. The SMILES string of the molecule is O=C1C[C@@H](O)CN1c1ccc(-c2cccc3c(N4CCC(c5noc(C6CC6)n5)CC4)ncnc23)cc1F. The smallest absolute Gasteiger partial charge is 0.229 e. The highest BCUT2D eigenvalue weighted by Crippen LogP contribution is 2.40. The fourth-order valence-corrected chi connectivity index (χ4v) is 5.63. The maximum atomic E-state index is 15.2. The molecule has 2 saturated heterocycles. The Morgan fingerprint density at radius 1 is 1.03 bits per heavy atom. The predicted octanol–water partition coefficient (Wildman–Crippen LogP) is 4.18. The molecule has 2 aromatic carbocycles. The Balaban J connectivity index is 1.14. The summed E-state index contributed by atoms with van der Waals surface area (Å²) in [4.78, 5) is 29.6. The highest BCUT2D eigenvalue weighted by molar-refractivity contribution is 6.00. The van der Waals surface area contributed by atoms with E-state index in [-0.39, 0.29) is 30.5 Å². The van der Waals surface area contributed by atoms with Crippen LogP contribution in [0.1, 0.15) is 55.7 Å². The summed E-state index contributed by atoms with van der Waals surface area (Å²) in [6.07, 6.45) is 4.90. The van der Waals surface area contributed by atoms with Crippen molar-refractivity contribution in [3.8, 4) is 11.1 Å². The van der Waals surface area contributed by atoms with Crippen molar-refractivity contribution in [2.24, 2.45) is 0 Å². The van der Waals surface area contributed by atoms with Crippen LogP contribution in [0.2, 0.25) is 0 Å². The van der Waals surface area contributed by atoms with E-state index in [2.05, 4.69) is 25.0 Å². The number of hydrogen-bond acceptors (Lipinski definition) is 8. The number of β-amino-alcohol motifs (C(OH)–C–C–N with tert-alkyl or cyclic N) is 1. The normalized spacial score (nSPS) is 20.6. The zero-order chi connectivity index (χ0) is 25.8. The third-order valence-corrected chi connectivity index (χ3v) is 7.84. The van der Waals surface area contributed by atoms with E-state index in [0.29, 0.717) is 11.5 Å². The molecule has 1 aliphatic carbocycles. The second-order valence-corrected chi connectivity index (χ2v) is 10.5. The zero-order valence-corrected chi connectivity index (χ0v) is 20.8. The Morgan fingerprint density at radius 2 is 1.87 bits per heavy atom. The first-order valence-corrected chi connectivity index (χ1v) is 13.2. The van der Waals surface area contributed by atoms with E-state index in [9.17, 15) is 9.90 Å². The second-order valence-electron chi connectivity index (χ2n) is 10.5. The molecule has 3 aliphatic rings. The average Bonchev–Trinajstić information content (AvgIpc) is 3.57. The summed E-state index contributed by atoms with van der Waals surface area (Å²) in [5, 5.41) is 14.9. The summed E-state index contributed by atoms with van der Waals surface area (Å²) in [7, 11) is 0.